The zero-order valence-electron chi connectivity index (χ0n) is 16.6. The van der Waals surface area contributed by atoms with E-state index in [2.05, 4.69) is 107 Å². The van der Waals surface area contributed by atoms with Crippen LogP contribution in [0.1, 0.15) is 11.1 Å². The fourth-order valence-corrected chi connectivity index (χ4v) is 4.50. The van der Waals surface area contributed by atoms with Gasteiger partial charge in [0.15, 0.2) is 0 Å². The van der Waals surface area contributed by atoms with Crippen LogP contribution in [0.2, 0.25) is 0 Å². The molecule has 0 N–H and O–H groups in total. The summed E-state index contributed by atoms with van der Waals surface area (Å²) in [5.74, 6) is 0. The van der Waals surface area contributed by atoms with E-state index in [1.54, 1.807) is 0 Å². The Morgan fingerprint density at radius 1 is 0.700 bits per heavy atom. The third-order valence-electron chi connectivity index (χ3n) is 5.92. The number of hydrogen-bond acceptors (Lipinski definition) is 2. The molecule has 1 aromatic heterocycles. The Balaban J connectivity index is 1.45. The van der Waals surface area contributed by atoms with Crippen LogP contribution < -0.4 is 5.01 Å². The molecule has 3 heteroatoms. The van der Waals surface area contributed by atoms with E-state index in [9.17, 15) is 0 Å². The molecule has 1 aliphatic heterocycles. The number of aromatic nitrogens is 1. The van der Waals surface area contributed by atoms with Gasteiger partial charge in [0.1, 0.15) is 0 Å². The maximum absolute atomic E-state index is 4.79. The third kappa shape index (κ3) is 2.71. The van der Waals surface area contributed by atoms with E-state index in [1.165, 1.54) is 38.7 Å². The molecule has 3 nitrogen and oxygen atoms in total. The Kier molecular flexibility index (Phi) is 3.91. The maximum Gasteiger partial charge on any atom is 0.0626 e. The molecule has 0 spiro atoms. The zero-order chi connectivity index (χ0) is 19.9. The highest BCUT2D eigenvalue weighted by atomic mass is 15.5. The summed E-state index contributed by atoms with van der Waals surface area (Å²) in [6.45, 7) is 0.936. The van der Waals surface area contributed by atoms with Crippen molar-refractivity contribution in [2.24, 2.45) is 5.10 Å². The molecule has 4 aromatic carbocycles. The van der Waals surface area contributed by atoms with Crippen LogP contribution in [-0.2, 0) is 6.42 Å². The summed E-state index contributed by atoms with van der Waals surface area (Å²) in [4.78, 5) is 0. The van der Waals surface area contributed by atoms with Gasteiger partial charge < -0.3 is 4.57 Å². The molecule has 0 bridgehead atoms. The van der Waals surface area contributed by atoms with Gasteiger partial charge in [-0.2, -0.15) is 5.10 Å². The lowest BCUT2D eigenvalue weighted by Gasteiger charge is -2.12. The minimum Gasteiger partial charge on any atom is -0.309 e. The molecular formula is C27H21N3. The lowest BCUT2D eigenvalue weighted by atomic mass is 10.1. The van der Waals surface area contributed by atoms with Crippen molar-refractivity contribution in [3.05, 3.63) is 108 Å². The molecule has 0 saturated heterocycles. The van der Waals surface area contributed by atoms with E-state index in [-0.39, 0.29) is 0 Å². The summed E-state index contributed by atoms with van der Waals surface area (Å²) < 4.78 is 2.34. The van der Waals surface area contributed by atoms with E-state index in [4.69, 9.17) is 5.10 Å². The van der Waals surface area contributed by atoms with Crippen molar-refractivity contribution in [1.82, 2.24) is 4.57 Å². The summed E-state index contributed by atoms with van der Waals surface area (Å²) in [6.07, 6.45) is 3.04. The second-order valence-electron chi connectivity index (χ2n) is 7.71. The van der Waals surface area contributed by atoms with Crippen LogP contribution in [-0.4, -0.2) is 17.3 Å². The Morgan fingerprint density at radius 2 is 1.47 bits per heavy atom. The van der Waals surface area contributed by atoms with Gasteiger partial charge in [0.2, 0.25) is 0 Å². The van der Waals surface area contributed by atoms with Crippen LogP contribution in [0.5, 0.6) is 0 Å². The Bertz CT molecular complexity index is 1400. The van der Waals surface area contributed by atoms with Gasteiger partial charge in [-0.15, -0.1) is 0 Å². The van der Waals surface area contributed by atoms with Crippen molar-refractivity contribution in [3.63, 3.8) is 0 Å². The highest BCUT2D eigenvalue weighted by molar-refractivity contribution is 6.10. The molecule has 144 valence electrons. The number of hydrogen-bond donors (Lipinski definition) is 0. The molecule has 2 heterocycles. The van der Waals surface area contributed by atoms with E-state index in [0.29, 0.717) is 0 Å². The quantitative estimate of drug-likeness (QED) is 0.339. The predicted octanol–water partition coefficient (Wildman–Crippen LogP) is 6.18. The van der Waals surface area contributed by atoms with Crippen molar-refractivity contribution in [2.45, 2.75) is 6.42 Å². The van der Waals surface area contributed by atoms with Crippen LogP contribution >= 0.6 is 0 Å². The molecule has 1 aliphatic rings. The molecule has 0 fully saturated rings. The zero-order valence-corrected chi connectivity index (χ0v) is 16.6. The topological polar surface area (TPSA) is 20.5 Å². The number of rotatable bonds is 3. The number of anilines is 1. The van der Waals surface area contributed by atoms with E-state index in [0.717, 1.165) is 18.5 Å². The van der Waals surface area contributed by atoms with Gasteiger partial charge in [-0.3, -0.25) is 5.01 Å². The highest BCUT2D eigenvalue weighted by Gasteiger charge is 2.17. The lowest BCUT2D eigenvalue weighted by Crippen LogP contribution is -2.12. The minimum atomic E-state index is 0.936. The Hall–Kier alpha value is -3.85. The summed E-state index contributed by atoms with van der Waals surface area (Å²) in [5, 5.41) is 9.40. The van der Waals surface area contributed by atoms with Gasteiger partial charge in [-0.05, 0) is 53.9 Å². The van der Waals surface area contributed by atoms with Gasteiger partial charge in [-0.1, -0.05) is 60.7 Å². The van der Waals surface area contributed by atoms with Crippen LogP contribution in [0.4, 0.5) is 5.69 Å². The highest BCUT2D eigenvalue weighted by Crippen LogP contribution is 2.32. The van der Waals surface area contributed by atoms with Crippen molar-refractivity contribution in [3.8, 4) is 5.69 Å². The van der Waals surface area contributed by atoms with Gasteiger partial charge in [-0.25, -0.2) is 0 Å². The molecule has 6 rings (SSSR count). The second-order valence-corrected chi connectivity index (χ2v) is 7.71. The number of para-hydroxylation sites is 3. The Morgan fingerprint density at radius 3 is 2.40 bits per heavy atom. The van der Waals surface area contributed by atoms with E-state index < -0.39 is 0 Å². The average molecular weight is 387 g/mol. The standard InChI is InChI=1S/C27H21N3/c1-2-9-22(10-3-1)30-26-13-7-5-11-23(26)24-18-20(14-15-27(24)30)19-28-29-17-16-21-8-4-6-12-25(21)29/h1-15,18-19H,16-17H2. The summed E-state index contributed by atoms with van der Waals surface area (Å²) in [5.41, 5.74) is 7.32. The molecule has 0 atom stereocenters. The lowest BCUT2D eigenvalue weighted by molar-refractivity contribution is 0.896. The van der Waals surface area contributed by atoms with Crippen LogP contribution in [0.15, 0.2) is 102 Å². The largest absolute Gasteiger partial charge is 0.309 e. The second kappa shape index (κ2) is 6.89. The summed E-state index contributed by atoms with van der Waals surface area (Å²) in [6, 6.07) is 34.3. The fourth-order valence-electron chi connectivity index (χ4n) is 4.50. The van der Waals surface area contributed by atoms with Crippen molar-refractivity contribution in [1.29, 1.82) is 0 Å². The van der Waals surface area contributed by atoms with Gasteiger partial charge in [0.25, 0.3) is 0 Å². The van der Waals surface area contributed by atoms with Gasteiger partial charge in [0.05, 0.1) is 22.9 Å². The first-order valence-corrected chi connectivity index (χ1v) is 10.4. The molecular weight excluding hydrogens is 366 g/mol. The first-order chi connectivity index (χ1) is 14.9. The number of nitrogens with zero attached hydrogens (tertiary/aromatic N) is 3. The SMILES string of the molecule is C(=NN1CCc2ccccc21)c1ccc2c(c1)c1ccccc1n2-c1ccccc1. The smallest absolute Gasteiger partial charge is 0.0626 e. The van der Waals surface area contributed by atoms with Gasteiger partial charge >= 0.3 is 0 Å². The number of fused-ring (bicyclic) bond motifs is 4. The molecule has 30 heavy (non-hydrogen) atoms. The number of hydrazone groups is 1. The maximum atomic E-state index is 4.79. The average Bonchev–Trinajstić information content (AvgIpc) is 3.37. The molecule has 0 aliphatic carbocycles. The first-order valence-electron chi connectivity index (χ1n) is 10.4. The summed E-state index contributed by atoms with van der Waals surface area (Å²) in [7, 11) is 0. The number of benzene rings is 4. The molecule has 0 unspecified atom stereocenters. The van der Waals surface area contributed by atoms with Crippen LogP contribution in [0.25, 0.3) is 27.5 Å². The fraction of sp³-hybridized carbons (Fsp3) is 0.0741. The minimum absolute atomic E-state index is 0.936. The molecule has 0 amide bonds. The van der Waals surface area contributed by atoms with E-state index in [1.807, 2.05) is 6.21 Å². The summed E-state index contributed by atoms with van der Waals surface area (Å²) >= 11 is 0. The first kappa shape index (κ1) is 17.0. The third-order valence-corrected chi connectivity index (χ3v) is 5.92. The Labute approximate surface area is 175 Å². The molecule has 5 aromatic rings. The van der Waals surface area contributed by atoms with Crippen LogP contribution in [0, 0.1) is 0 Å². The normalized spacial score (nSPS) is 13.5. The molecule has 0 saturated carbocycles. The van der Waals surface area contributed by atoms with Gasteiger partial charge in [0, 0.05) is 23.0 Å². The monoisotopic (exact) mass is 387 g/mol. The van der Waals surface area contributed by atoms with Crippen LogP contribution in [0.3, 0.4) is 0 Å². The van der Waals surface area contributed by atoms with E-state index >= 15 is 0 Å². The van der Waals surface area contributed by atoms with Crippen molar-refractivity contribution in [2.75, 3.05) is 11.6 Å². The van der Waals surface area contributed by atoms with Crippen molar-refractivity contribution < 1.29 is 0 Å². The van der Waals surface area contributed by atoms with Crippen molar-refractivity contribution >= 4 is 33.7 Å². The molecule has 0 radical (unpaired) electrons. The predicted molar refractivity (Wildman–Crippen MR) is 126 cm³/mol.